The van der Waals surface area contributed by atoms with E-state index < -0.39 is 0 Å². The predicted molar refractivity (Wildman–Crippen MR) is 63.8 cm³/mol. The van der Waals surface area contributed by atoms with Crippen molar-refractivity contribution < 1.29 is 0 Å². The molecule has 1 atom stereocenters. The molecule has 86 valence electrons. The topological polar surface area (TPSA) is 29.9 Å². The van der Waals surface area contributed by atoms with Gasteiger partial charge in [-0.2, -0.15) is 5.10 Å². The summed E-state index contributed by atoms with van der Waals surface area (Å²) in [5, 5.41) is 7.76. The van der Waals surface area contributed by atoms with Crippen LogP contribution in [0, 0.1) is 0 Å². The Hall–Kier alpha value is -0.830. The lowest BCUT2D eigenvalue weighted by molar-refractivity contribution is 0.550. The second-order valence-corrected chi connectivity index (χ2v) is 4.02. The van der Waals surface area contributed by atoms with Gasteiger partial charge in [-0.1, -0.05) is 26.7 Å². The first-order chi connectivity index (χ1) is 7.27. The summed E-state index contributed by atoms with van der Waals surface area (Å²) in [6.45, 7) is 8.58. The maximum absolute atomic E-state index is 4.37. The van der Waals surface area contributed by atoms with Gasteiger partial charge in [0.1, 0.15) is 0 Å². The number of nitrogens with zero attached hydrogens (tertiary/aromatic N) is 2. The van der Waals surface area contributed by atoms with E-state index >= 15 is 0 Å². The molecule has 0 aliphatic carbocycles. The summed E-state index contributed by atoms with van der Waals surface area (Å²) in [5.74, 6) is 0. The SMILES string of the molecule is CCCCCn1cc(C(C)NCC)cn1. The van der Waals surface area contributed by atoms with Crippen LogP contribution in [0.2, 0.25) is 0 Å². The minimum absolute atomic E-state index is 0.412. The zero-order chi connectivity index (χ0) is 11.1. The second kappa shape index (κ2) is 6.62. The predicted octanol–water partition coefficient (Wildman–Crippen LogP) is 2.74. The number of rotatable bonds is 7. The van der Waals surface area contributed by atoms with E-state index in [1.807, 2.05) is 6.20 Å². The van der Waals surface area contributed by atoms with Crippen LogP contribution in [0.25, 0.3) is 0 Å². The van der Waals surface area contributed by atoms with Crippen LogP contribution in [0.4, 0.5) is 0 Å². The Labute approximate surface area is 92.9 Å². The molecular formula is C12H23N3. The summed E-state index contributed by atoms with van der Waals surface area (Å²) in [4.78, 5) is 0. The fourth-order valence-corrected chi connectivity index (χ4v) is 1.67. The van der Waals surface area contributed by atoms with Crippen LogP contribution in [-0.4, -0.2) is 16.3 Å². The highest BCUT2D eigenvalue weighted by Gasteiger charge is 2.05. The summed E-state index contributed by atoms with van der Waals surface area (Å²) < 4.78 is 2.05. The maximum Gasteiger partial charge on any atom is 0.0537 e. The third-order valence-electron chi connectivity index (χ3n) is 2.65. The summed E-state index contributed by atoms with van der Waals surface area (Å²) in [6, 6.07) is 0.412. The Balaban J connectivity index is 2.41. The van der Waals surface area contributed by atoms with Crippen molar-refractivity contribution in [1.29, 1.82) is 0 Å². The van der Waals surface area contributed by atoms with Crippen LogP contribution in [0.1, 0.15) is 51.6 Å². The Kier molecular flexibility index (Phi) is 5.40. The zero-order valence-electron chi connectivity index (χ0n) is 10.2. The zero-order valence-corrected chi connectivity index (χ0v) is 10.2. The van der Waals surface area contributed by atoms with Crippen molar-refractivity contribution >= 4 is 0 Å². The minimum Gasteiger partial charge on any atom is -0.310 e. The van der Waals surface area contributed by atoms with Crippen molar-refractivity contribution in [1.82, 2.24) is 15.1 Å². The number of hydrogen-bond acceptors (Lipinski definition) is 2. The highest BCUT2D eigenvalue weighted by molar-refractivity contribution is 5.08. The Morgan fingerprint density at radius 1 is 1.40 bits per heavy atom. The third-order valence-corrected chi connectivity index (χ3v) is 2.65. The van der Waals surface area contributed by atoms with E-state index in [2.05, 4.69) is 42.1 Å². The molecule has 3 heteroatoms. The van der Waals surface area contributed by atoms with E-state index in [1.165, 1.54) is 24.8 Å². The van der Waals surface area contributed by atoms with Gasteiger partial charge in [-0.15, -0.1) is 0 Å². The normalized spacial score (nSPS) is 13.0. The molecule has 1 rings (SSSR count). The van der Waals surface area contributed by atoms with Crippen molar-refractivity contribution in [3.63, 3.8) is 0 Å². The minimum atomic E-state index is 0.412. The fourth-order valence-electron chi connectivity index (χ4n) is 1.67. The van der Waals surface area contributed by atoms with E-state index in [4.69, 9.17) is 0 Å². The van der Waals surface area contributed by atoms with Crippen LogP contribution in [0.3, 0.4) is 0 Å². The van der Waals surface area contributed by atoms with Crippen molar-refractivity contribution in [2.75, 3.05) is 6.54 Å². The van der Waals surface area contributed by atoms with Gasteiger partial charge in [-0.05, 0) is 19.9 Å². The molecule has 15 heavy (non-hydrogen) atoms. The first kappa shape index (κ1) is 12.2. The largest absolute Gasteiger partial charge is 0.310 e. The van der Waals surface area contributed by atoms with E-state index in [9.17, 15) is 0 Å². The molecule has 1 aromatic rings. The van der Waals surface area contributed by atoms with E-state index in [1.54, 1.807) is 0 Å². The molecular weight excluding hydrogens is 186 g/mol. The monoisotopic (exact) mass is 209 g/mol. The lowest BCUT2D eigenvalue weighted by Crippen LogP contribution is -2.17. The van der Waals surface area contributed by atoms with Crippen LogP contribution in [0.5, 0.6) is 0 Å². The van der Waals surface area contributed by atoms with Gasteiger partial charge in [0.25, 0.3) is 0 Å². The highest BCUT2D eigenvalue weighted by atomic mass is 15.3. The van der Waals surface area contributed by atoms with E-state index in [-0.39, 0.29) is 0 Å². The van der Waals surface area contributed by atoms with E-state index in [0.29, 0.717) is 6.04 Å². The molecule has 0 spiro atoms. The van der Waals surface area contributed by atoms with Crippen molar-refractivity contribution in [3.05, 3.63) is 18.0 Å². The summed E-state index contributed by atoms with van der Waals surface area (Å²) in [7, 11) is 0. The molecule has 0 saturated carbocycles. The molecule has 1 N–H and O–H groups in total. The second-order valence-electron chi connectivity index (χ2n) is 4.02. The first-order valence-corrected chi connectivity index (χ1v) is 6.03. The average Bonchev–Trinajstić information content (AvgIpc) is 2.67. The van der Waals surface area contributed by atoms with Crippen molar-refractivity contribution in [2.45, 2.75) is 52.6 Å². The molecule has 3 nitrogen and oxygen atoms in total. The van der Waals surface area contributed by atoms with Crippen LogP contribution < -0.4 is 5.32 Å². The van der Waals surface area contributed by atoms with Crippen molar-refractivity contribution in [3.8, 4) is 0 Å². The van der Waals surface area contributed by atoms with Gasteiger partial charge in [0.05, 0.1) is 6.20 Å². The molecule has 0 aromatic carbocycles. The summed E-state index contributed by atoms with van der Waals surface area (Å²) >= 11 is 0. The molecule has 0 bridgehead atoms. The third kappa shape index (κ3) is 4.04. The fraction of sp³-hybridized carbons (Fsp3) is 0.750. The highest BCUT2D eigenvalue weighted by Crippen LogP contribution is 2.10. The molecule has 0 saturated heterocycles. The Morgan fingerprint density at radius 3 is 2.87 bits per heavy atom. The van der Waals surface area contributed by atoms with Gasteiger partial charge in [0, 0.05) is 24.3 Å². The Bertz CT molecular complexity index is 268. The molecule has 0 amide bonds. The number of aromatic nitrogens is 2. The number of nitrogens with one attached hydrogen (secondary N) is 1. The molecule has 1 aromatic heterocycles. The molecule has 1 heterocycles. The molecule has 0 radical (unpaired) electrons. The number of unbranched alkanes of at least 4 members (excludes halogenated alkanes) is 2. The Morgan fingerprint density at radius 2 is 2.20 bits per heavy atom. The van der Waals surface area contributed by atoms with Crippen molar-refractivity contribution in [2.24, 2.45) is 0 Å². The van der Waals surface area contributed by atoms with Gasteiger partial charge < -0.3 is 5.32 Å². The van der Waals surface area contributed by atoms with Crippen LogP contribution in [0.15, 0.2) is 12.4 Å². The van der Waals surface area contributed by atoms with Crippen LogP contribution in [-0.2, 0) is 6.54 Å². The molecule has 0 aliphatic heterocycles. The van der Waals surface area contributed by atoms with Gasteiger partial charge in [-0.25, -0.2) is 0 Å². The summed E-state index contributed by atoms with van der Waals surface area (Å²) in [5.41, 5.74) is 1.29. The van der Waals surface area contributed by atoms with Gasteiger partial charge >= 0.3 is 0 Å². The molecule has 0 aliphatic rings. The number of aryl methyl sites for hydroxylation is 1. The van der Waals surface area contributed by atoms with Gasteiger partial charge in [0.15, 0.2) is 0 Å². The van der Waals surface area contributed by atoms with Gasteiger partial charge in [0.2, 0.25) is 0 Å². The quantitative estimate of drug-likeness (QED) is 0.700. The molecule has 0 fully saturated rings. The smallest absolute Gasteiger partial charge is 0.0537 e. The van der Waals surface area contributed by atoms with Crippen LogP contribution >= 0.6 is 0 Å². The average molecular weight is 209 g/mol. The lowest BCUT2D eigenvalue weighted by atomic mass is 10.2. The summed E-state index contributed by atoms with van der Waals surface area (Å²) in [6.07, 6.45) is 7.91. The van der Waals surface area contributed by atoms with E-state index in [0.717, 1.165) is 13.1 Å². The van der Waals surface area contributed by atoms with Gasteiger partial charge in [-0.3, -0.25) is 4.68 Å². The standard InChI is InChI=1S/C12H23N3/c1-4-6-7-8-15-10-12(9-14-15)11(3)13-5-2/h9-11,13H,4-8H2,1-3H3. The molecule has 1 unspecified atom stereocenters. The number of hydrogen-bond donors (Lipinski definition) is 1. The lowest BCUT2D eigenvalue weighted by Gasteiger charge is -2.08. The maximum atomic E-state index is 4.37. The first-order valence-electron chi connectivity index (χ1n) is 6.03.